The number of nitrogens with one attached hydrogen (secondary N) is 2. The molecule has 1 aromatic carbocycles. The SMILES string of the molecule is CC(C)(N)CNC(=O)Cn1c(=O)[nH]c2ccccc21.Cl. The molecule has 0 unspecified atom stereocenters. The van der Waals surface area contributed by atoms with Gasteiger partial charge in [-0.15, -0.1) is 12.4 Å². The molecular weight excluding hydrogens is 280 g/mol. The maximum absolute atomic E-state index is 11.8. The maximum atomic E-state index is 11.8. The Morgan fingerprint density at radius 2 is 2.05 bits per heavy atom. The van der Waals surface area contributed by atoms with E-state index in [4.69, 9.17) is 5.73 Å². The van der Waals surface area contributed by atoms with Gasteiger partial charge in [-0.1, -0.05) is 12.1 Å². The number of imidazole rings is 1. The number of aromatic amines is 1. The van der Waals surface area contributed by atoms with Crippen LogP contribution in [0.4, 0.5) is 0 Å². The van der Waals surface area contributed by atoms with E-state index in [-0.39, 0.29) is 30.5 Å². The number of H-pyrrole nitrogens is 1. The second-order valence-corrected chi connectivity index (χ2v) is 5.30. The molecule has 0 saturated carbocycles. The van der Waals surface area contributed by atoms with Gasteiger partial charge in [0, 0.05) is 12.1 Å². The highest BCUT2D eigenvalue weighted by Gasteiger charge is 2.14. The van der Waals surface area contributed by atoms with E-state index < -0.39 is 5.54 Å². The van der Waals surface area contributed by atoms with Crippen LogP contribution in [0.1, 0.15) is 13.8 Å². The van der Waals surface area contributed by atoms with Crippen molar-refractivity contribution in [3.05, 3.63) is 34.7 Å². The zero-order chi connectivity index (χ0) is 14.0. The van der Waals surface area contributed by atoms with Crippen LogP contribution < -0.4 is 16.7 Å². The molecule has 1 heterocycles. The summed E-state index contributed by atoms with van der Waals surface area (Å²) in [6, 6.07) is 7.26. The fraction of sp³-hybridized carbons (Fsp3) is 0.385. The molecule has 1 aromatic heterocycles. The molecule has 0 saturated heterocycles. The normalized spacial score (nSPS) is 11.2. The first kappa shape index (κ1) is 16.3. The van der Waals surface area contributed by atoms with Crippen molar-refractivity contribution in [2.24, 2.45) is 5.73 Å². The molecule has 6 nitrogen and oxygen atoms in total. The number of benzene rings is 1. The van der Waals surface area contributed by atoms with Crippen molar-refractivity contribution in [3.8, 4) is 0 Å². The van der Waals surface area contributed by atoms with E-state index in [1.165, 1.54) is 4.57 Å². The smallest absolute Gasteiger partial charge is 0.326 e. The molecule has 0 spiro atoms. The lowest BCUT2D eigenvalue weighted by Gasteiger charge is -2.18. The van der Waals surface area contributed by atoms with Crippen LogP contribution >= 0.6 is 12.4 Å². The third kappa shape index (κ3) is 3.85. The van der Waals surface area contributed by atoms with Gasteiger partial charge in [0.25, 0.3) is 0 Å². The fourth-order valence-corrected chi connectivity index (χ4v) is 1.79. The number of para-hydroxylation sites is 2. The van der Waals surface area contributed by atoms with Gasteiger partial charge in [-0.2, -0.15) is 0 Å². The summed E-state index contributed by atoms with van der Waals surface area (Å²) in [5.74, 6) is -0.231. The first-order valence-electron chi connectivity index (χ1n) is 6.10. The van der Waals surface area contributed by atoms with Crippen LogP contribution in [0.2, 0.25) is 0 Å². The van der Waals surface area contributed by atoms with Crippen molar-refractivity contribution in [1.29, 1.82) is 0 Å². The highest BCUT2D eigenvalue weighted by atomic mass is 35.5. The predicted molar refractivity (Wildman–Crippen MR) is 81.1 cm³/mol. The van der Waals surface area contributed by atoms with Gasteiger partial charge in [-0.25, -0.2) is 4.79 Å². The maximum Gasteiger partial charge on any atom is 0.326 e. The van der Waals surface area contributed by atoms with Gasteiger partial charge in [0.1, 0.15) is 6.54 Å². The monoisotopic (exact) mass is 298 g/mol. The van der Waals surface area contributed by atoms with E-state index in [0.717, 1.165) is 11.0 Å². The molecule has 0 fully saturated rings. The molecule has 2 aromatic rings. The number of hydrogen-bond donors (Lipinski definition) is 3. The van der Waals surface area contributed by atoms with Gasteiger partial charge in [0.2, 0.25) is 5.91 Å². The summed E-state index contributed by atoms with van der Waals surface area (Å²) in [5.41, 5.74) is 6.47. The highest BCUT2D eigenvalue weighted by Crippen LogP contribution is 2.08. The second kappa shape index (κ2) is 6.11. The van der Waals surface area contributed by atoms with Gasteiger partial charge in [-0.05, 0) is 26.0 Å². The van der Waals surface area contributed by atoms with Gasteiger partial charge >= 0.3 is 5.69 Å². The Hall–Kier alpha value is -1.79. The molecule has 7 heteroatoms. The molecule has 2 rings (SSSR count). The third-order valence-electron chi connectivity index (χ3n) is 2.72. The number of carbonyl (C=O) groups excluding carboxylic acids is 1. The summed E-state index contributed by atoms with van der Waals surface area (Å²) < 4.78 is 1.41. The average Bonchev–Trinajstić information content (AvgIpc) is 2.63. The van der Waals surface area contributed by atoms with Crippen LogP contribution in [-0.4, -0.2) is 27.5 Å². The Kier molecular flexibility index (Phi) is 4.97. The van der Waals surface area contributed by atoms with Crippen molar-refractivity contribution in [3.63, 3.8) is 0 Å². The number of rotatable bonds is 4. The molecule has 1 amide bonds. The predicted octanol–water partition coefficient (Wildman–Crippen LogP) is 0.605. The molecular formula is C13H19ClN4O2. The van der Waals surface area contributed by atoms with Crippen LogP contribution in [0, 0.1) is 0 Å². The molecule has 20 heavy (non-hydrogen) atoms. The number of nitrogens with two attached hydrogens (primary N) is 1. The van der Waals surface area contributed by atoms with Crippen LogP contribution in [0.3, 0.4) is 0 Å². The number of hydrogen-bond acceptors (Lipinski definition) is 3. The van der Waals surface area contributed by atoms with Gasteiger partial charge in [0.15, 0.2) is 0 Å². The van der Waals surface area contributed by atoms with Crippen LogP contribution in [0.25, 0.3) is 11.0 Å². The highest BCUT2D eigenvalue weighted by molar-refractivity contribution is 5.85. The van der Waals surface area contributed by atoms with E-state index >= 15 is 0 Å². The number of carbonyl (C=O) groups is 1. The van der Waals surface area contributed by atoms with E-state index in [2.05, 4.69) is 10.3 Å². The van der Waals surface area contributed by atoms with E-state index in [1.54, 1.807) is 12.1 Å². The number of fused-ring (bicyclic) bond motifs is 1. The fourth-order valence-electron chi connectivity index (χ4n) is 1.79. The topological polar surface area (TPSA) is 92.9 Å². The second-order valence-electron chi connectivity index (χ2n) is 5.30. The standard InChI is InChI=1S/C13H18N4O2.ClH/c1-13(2,14)8-15-11(18)7-17-10-6-4-3-5-9(10)16-12(17)19;/h3-6H,7-8,14H2,1-2H3,(H,15,18)(H,16,19);1H. The number of halogens is 1. The first-order valence-corrected chi connectivity index (χ1v) is 6.10. The van der Waals surface area contributed by atoms with Crippen molar-refractivity contribution in [1.82, 2.24) is 14.9 Å². The molecule has 0 aliphatic heterocycles. The number of amides is 1. The Labute approximate surface area is 122 Å². The average molecular weight is 299 g/mol. The third-order valence-corrected chi connectivity index (χ3v) is 2.72. The molecule has 0 atom stereocenters. The van der Waals surface area contributed by atoms with Crippen molar-refractivity contribution in [2.45, 2.75) is 25.9 Å². The largest absolute Gasteiger partial charge is 0.353 e. The summed E-state index contributed by atoms with van der Waals surface area (Å²) in [7, 11) is 0. The van der Waals surface area contributed by atoms with Crippen LogP contribution in [0.5, 0.6) is 0 Å². The summed E-state index contributed by atoms with van der Waals surface area (Å²) in [6.45, 7) is 4.00. The lowest BCUT2D eigenvalue weighted by Crippen LogP contribution is -2.46. The Morgan fingerprint density at radius 1 is 1.40 bits per heavy atom. The summed E-state index contributed by atoms with van der Waals surface area (Å²) >= 11 is 0. The lowest BCUT2D eigenvalue weighted by molar-refractivity contribution is -0.121. The van der Waals surface area contributed by atoms with Gasteiger partial charge in [-0.3, -0.25) is 9.36 Å². The van der Waals surface area contributed by atoms with Crippen LogP contribution in [0.15, 0.2) is 29.1 Å². The minimum atomic E-state index is -0.471. The number of aromatic nitrogens is 2. The Bertz CT molecular complexity index is 654. The van der Waals surface area contributed by atoms with Crippen molar-refractivity contribution in [2.75, 3.05) is 6.54 Å². The van der Waals surface area contributed by atoms with Crippen LogP contribution in [-0.2, 0) is 11.3 Å². The van der Waals surface area contributed by atoms with Crippen molar-refractivity contribution < 1.29 is 4.79 Å². The zero-order valence-corrected chi connectivity index (χ0v) is 12.3. The molecule has 0 bridgehead atoms. The van der Waals surface area contributed by atoms with Crippen molar-refractivity contribution >= 4 is 29.3 Å². The zero-order valence-electron chi connectivity index (χ0n) is 11.5. The van der Waals surface area contributed by atoms with E-state index in [9.17, 15) is 9.59 Å². The Balaban J connectivity index is 0.00000200. The van der Waals surface area contributed by atoms with E-state index in [0.29, 0.717) is 6.54 Å². The molecule has 0 aliphatic rings. The number of nitrogens with zero attached hydrogens (tertiary/aromatic N) is 1. The molecule has 0 radical (unpaired) electrons. The summed E-state index contributed by atoms with van der Waals surface area (Å²) in [5, 5.41) is 2.72. The quantitative estimate of drug-likeness (QED) is 0.772. The van der Waals surface area contributed by atoms with Gasteiger partial charge in [0.05, 0.1) is 11.0 Å². The molecule has 4 N–H and O–H groups in total. The molecule has 0 aliphatic carbocycles. The minimum Gasteiger partial charge on any atom is -0.353 e. The first-order chi connectivity index (χ1) is 8.87. The summed E-state index contributed by atoms with van der Waals surface area (Å²) in [6.07, 6.45) is 0. The van der Waals surface area contributed by atoms with E-state index in [1.807, 2.05) is 26.0 Å². The summed E-state index contributed by atoms with van der Waals surface area (Å²) in [4.78, 5) is 26.3. The van der Waals surface area contributed by atoms with Gasteiger partial charge < -0.3 is 16.0 Å². The molecule has 110 valence electrons. The minimum absolute atomic E-state index is 0. The lowest BCUT2D eigenvalue weighted by atomic mass is 10.1. The Morgan fingerprint density at radius 3 is 2.70 bits per heavy atom.